The molecule has 4 nitrogen and oxygen atoms in total. The van der Waals surface area contributed by atoms with Gasteiger partial charge in [0.25, 0.3) is 0 Å². The molecule has 0 aliphatic carbocycles. The van der Waals surface area contributed by atoms with Crippen LogP contribution in [0.15, 0.2) is 18.2 Å². The Balaban J connectivity index is 2.32. The van der Waals surface area contributed by atoms with Gasteiger partial charge in [-0.3, -0.25) is 0 Å². The van der Waals surface area contributed by atoms with Crippen molar-refractivity contribution >= 4 is 23.0 Å². The zero-order chi connectivity index (χ0) is 15.6. The second-order valence-corrected chi connectivity index (χ2v) is 5.96. The molecule has 0 aliphatic heterocycles. The number of benzene rings is 1. The molecule has 1 aromatic carbocycles. The number of carbonyl (C=O) groups excluding carboxylic acids is 1. The van der Waals surface area contributed by atoms with Crippen LogP contribution >= 0.6 is 11.3 Å². The first-order valence-corrected chi connectivity index (χ1v) is 7.32. The summed E-state index contributed by atoms with van der Waals surface area (Å²) in [6.07, 6.45) is 0. The molecule has 0 aliphatic rings. The van der Waals surface area contributed by atoms with Crippen molar-refractivity contribution in [2.45, 2.75) is 26.8 Å². The van der Waals surface area contributed by atoms with E-state index in [0.717, 1.165) is 15.6 Å². The number of aromatic nitrogens is 1. The van der Waals surface area contributed by atoms with Crippen LogP contribution in [0.3, 0.4) is 0 Å². The Labute approximate surface area is 127 Å². The number of ether oxygens (including phenoxy) is 1. The molecule has 2 aromatic rings. The van der Waals surface area contributed by atoms with Gasteiger partial charge in [-0.25, -0.2) is 14.2 Å². The third kappa shape index (κ3) is 3.39. The number of halogens is 1. The number of thiazole rings is 1. The molecule has 0 saturated heterocycles. The smallest absolute Gasteiger partial charge is 0.339 e. The third-order valence-electron chi connectivity index (χ3n) is 3.09. The molecule has 0 spiro atoms. The van der Waals surface area contributed by atoms with Crippen molar-refractivity contribution in [3.8, 4) is 0 Å². The highest BCUT2D eigenvalue weighted by atomic mass is 32.1. The lowest BCUT2D eigenvalue weighted by molar-refractivity contribution is 0.0601. The Bertz CT molecular complexity index is 670. The number of rotatable bonds is 4. The lowest BCUT2D eigenvalue weighted by Gasteiger charge is -2.17. The van der Waals surface area contributed by atoms with Crippen LogP contribution < -0.4 is 5.32 Å². The Hall–Kier alpha value is -1.95. The predicted octanol–water partition coefficient (Wildman–Crippen LogP) is 3.86. The van der Waals surface area contributed by atoms with E-state index in [2.05, 4.69) is 10.3 Å². The molecule has 1 heterocycles. The number of nitrogens with one attached hydrogen (secondary N) is 1. The molecule has 112 valence electrons. The molecule has 21 heavy (non-hydrogen) atoms. The van der Waals surface area contributed by atoms with Crippen LogP contribution in [0, 0.1) is 19.7 Å². The van der Waals surface area contributed by atoms with Crippen molar-refractivity contribution < 1.29 is 13.9 Å². The van der Waals surface area contributed by atoms with Gasteiger partial charge in [0, 0.05) is 4.88 Å². The first-order chi connectivity index (χ1) is 9.92. The van der Waals surface area contributed by atoms with Gasteiger partial charge in [-0.2, -0.15) is 0 Å². The van der Waals surface area contributed by atoms with Crippen molar-refractivity contribution in [2.24, 2.45) is 0 Å². The molecule has 0 fully saturated rings. The van der Waals surface area contributed by atoms with Crippen LogP contribution in [0.4, 0.5) is 10.1 Å². The highest BCUT2D eigenvalue weighted by Crippen LogP contribution is 2.29. The molecule has 0 saturated carbocycles. The molecular formula is C15H17FN2O2S. The first kappa shape index (κ1) is 15.4. The van der Waals surface area contributed by atoms with E-state index in [1.54, 1.807) is 11.3 Å². The fraction of sp³-hybridized carbons (Fsp3) is 0.333. The van der Waals surface area contributed by atoms with E-state index in [1.807, 2.05) is 20.8 Å². The first-order valence-electron chi connectivity index (χ1n) is 6.50. The van der Waals surface area contributed by atoms with Crippen molar-refractivity contribution in [1.29, 1.82) is 0 Å². The zero-order valence-electron chi connectivity index (χ0n) is 12.4. The largest absolute Gasteiger partial charge is 0.465 e. The minimum atomic E-state index is -0.498. The number of methoxy groups -OCH3 is 1. The van der Waals surface area contributed by atoms with Crippen molar-refractivity contribution in [1.82, 2.24) is 4.98 Å². The number of aryl methyl sites for hydroxylation is 2. The molecule has 6 heteroatoms. The maximum atomic E-state index is 13.4. The maximum Gasteiger partial charge on any atom is 0.339 e. The predicted molar refractivity (Wildman–Crippen MR) is 81.4 cm³/mol. The minimum Gasteiger partial charge on any atom is -0.465 e. The summed E-state index contributed by atoms with van der Waals surface area (Å²) >= 11 is 1.58. The van der Waals surface area contributed by atoms with E-state index in [0.29, 0.717) is 11.3 Å². The topological polar surface area (TPSA) is 51.2 Å². The lowest BCUT2D eigenvalue weighted by Crippen LogP contribution is -2.12. The number of nitrogens with zero attached hydrogens (tertiary/aromatic N) is 1. The lowest BCUT2D eigenvalue weighted by atomic mass is 10.1. The molecule has 0 amide bonds. The molecule has 1 N–H and O–H groups in total. The Morgan fingerprint density at radius 2 is 2.14 bits per heavy atom. The summed E-state index contributed by atoms with van der Waals surface area (Å²) in [7, 11) is 1.30. The molecule has 0 radical (unpaired) electrons. The fourth-order valence-electron chi connectivity index (χ4n) is 2.17. The molecular weight excluding hydrogens is 291 g/mol. The second kappa shape index (κ2) is 6.22. The molecule has 2 rings (SSSR count). The van der Waals surface area contributed by atoms with Gasteiger partial charge in [-0.1, -0.05) is 0 Å². The van der Waals surface area contributed by atoms with Crippen molar-refractivity contribution in [2.75, 3.05) is 12.4 Å². The maximum absolute atomic E-state index is 13.4. The van der Waals surface area contributed by atoms with E-state index >= 15 is 0 Å². The molecule has 0 bridgehead atoms. The van der Waals surface area contributed by atoms with Crippen LogP contribution in [-0.4, -0.2) is 18.1 Å². The fourth-order valence-corrected chi connectivity index (χ4v) is 3.10. The van der Waals surface area contributed by atoms with E-state index in [1.165, 1.54) is 25.3 Å². The summed E-state index contributed by atoms with van der Waals surface area (Å²) in [6.45, 7) is 5.83. The number of hydrogen-bond donors (Lipinski definition) is 1. The third-order valence-corrected chi connectivity index (χ3v) is 4.35. The number of carbonyl (C=O) groups is 1. The van der Waals surface area contributed by atoms with Crippen LogP contribution in [0.1, 0.15) is 38.9 Å². The summed E-state index contributed by atoms with van der Waals surface area (Å²) in [6, 6.07) is 3.87. The second-order valence-electron chi connectivity index (χ2n) is 4.73. The van der Waals surface area contributed by atoms with Crippen molar-refractivity contribution in [3.63, 3.8) is 0 Å². The summed E-state index contributed by atoms with van der Waals surface area (Å²) < 4.78 is 18.2. The number of anilines is 1. The normalized spacial score (nSPS) is 12.0. The molecule has 1 unspecified atom stereocenters. The summed E-state index contributed by atoms with van der Waals surface area (Å²) in [4.78, 5) is 17.2. The highest BCUT2D eigenvalue weighted by Gasteiger charge is 2.17. The van der Waals surface area contributed by atoms with Gasteiger partial charge >= 0.3 is 5.97 Å². The quantitative estimate of drug-likeness (QED) is 0.871. The van der Waals surface area contributed by atoms with E-state index in [-0.39, 0.29) is 6.04 Å². The van der Waals surface area contributed by atoms with Gasteiger partial charge in [0.1, 0.15) is 5.82 Å². The van der Waals surface area contributed by atoms with E-state index < -0.39 is 11.8 Å². The van der Waals surface area contributed by atoms with Crippen LogP contribution in [-0.2, 0) is 4.74 Å². The monoisotopic (exact) mass is 308 g/mol. The number of hydrogen-bond acceptors (Lipinski definition) is 5. The highest BCUT2D eigenvalue weighted by molar-refractivity contribution is 7.11. The Kier molecular flexibility index (Phi) is 4.57. The van der Waals surface area contributed by atoms with Gasteiger partial charge in [0.2, 0.25) is 0 Å². The summed E-state index contributed by atoms with van der Waals surface area (Å²) in [5.74, 6) is -0.906. The van der Waals surface area contributed by atoms with Crippen molar-refractivity contribution in [3.05, 3.63) is 45.2 Å². The molecule has 1 atom stereocenters. The summed E-state index contributed by atoms with van der Waals surface area (Å²) in [5, 5.41) is 4.14. The standard InChI is InChI=1S/C15H17FN2O2S/c1-8-14(21-10(3)17-8)9(2)18-13-7-11(16)5-6-12(13)15(19)20-4/h5-7,9,18H,1-4H3. The van der Waals surface area contributed by atoms with E-state index in [9.17, 15) is 9.18 Å². The average Bonchev–Trinajstić information content (AvgIpc) is 2.77. The van der Waals surface area contributed by atoms with Gasteiger partial charge in [0.05, 0.1) is 35.1 Å². The van der Waals surface area contributed by atoms with Gasteiger partial charge in [0.15, 0.2) is 0 Å². The van der Waals surface area contributed by atoms with Crippen LogP contribution in [0.25, 0.3) is 0 Å². The minimum absolute atomic E-state index is 0.0820. The van der Waals surface area contributed by atoms with Gasteiger partial charge in [-0.15, -0.1) is 11.3 Å². The Morgan fingerprint density at radius 1 is 1.43 bits per heavy atom. The van der Waals surface area contributed by atoms with Crippen LogP contribution in [0.2, 0.25) is 0 Å². The summed E-state index contributed by atoms with van der Waals surface area (Å²) in [5.41, 5.74) is 1.66. The van der Waals surface area contributed by atoms with Gasteiger partial charge in [-0.05, 0) is 39.0 Å². The van der Waals surface area contributed by atoms with E-state index in [4.69, 9.17) is 4.74 Å². The van der Waals surface area contributed by atoms with Crippen LogP contribution in [0.5, 0.6) is 0 Å². The molecule has 1 aromatic heterocycles. The van der Waals surface area contributed by atoms with Gasteiger partial charge < -0.3 is 10.1 Å². The zero-order valence-corrected chi connectivity index (χ0v) is 13.2. The average molecular weight is 308 g/mol. The SMILES string of the molecule is COC(=O)c1ccc(F)cc1NC(C)c1sc(C)nc1C. The number of esters is 1. The Morgan fingerprint density at radius 3 is 2.71 bits per heavy atom.